The average molecular weight is 375 g/mol. The molecule has 0 aliphatic carbocycles. The minimum absolute atomic E-state index is 0.209. The third-order valence-corrected chi connectivity index (χ3v) is 4.19. The molecule has 0 radical (unpaired) electrons. The minimum Gasteiger partial charge on any atom is -0.277 e. The number of carbonyl (C=O) groups is 2. The third kappa shape index (κ3) is 4.03. The highest BCUT2D eigenvalue weighted by Gasteiger charge is 2.22. The highest BCUT2D eigenvalue weighted by atomic mass is 16.2. The first-order valence-electron chi connectivity index (χ1n) is 9.08. The maximum atomic E-state index is 12.8. The van der Waals surface area contributed by atoms with Crippen molar-refractivity contribution in [2.24, 2.45) is 0 Å². The SMILES string of the molecule is CCN(C(=O)c1ccccc1)c1ncnc(N(CC)C(=O)c2ccccc2)n1. The van der Waals surface area contributed by atoms with Crippen LogP contribution in [0, 0.1) is 0 Å². The first-order chi connectivity index (χ1) is 13.7. The van der Waals surface area contributed by atoms with Crippen LogP contribution in [-0.4, -0.2) is 39.9 Å². The number of nitrogens with zero attached hydrogens (tertiary/aromatic N) is 5. The van der Waals surface area contributed by atoms with Crippen molar-refractivity contribution in [3.63, 3.8) is 0 Å². The van der Waals surface area contributed by atoms with E-state index < -0.39 is 0 Å². The molecule has 0 atom stereocenters. The minimum atomic E-state index is -0.210. The van der Waals surface area contributed by atoms with Crippen molar-refractivity contribution in [2.45, 2.75) is 13.8 Å². The Morgan fingerprint density at radius 3 is 1.46 bits per heavy atom. The summed E-state index contributed by atoms with van der Waals surface area (Å²) in [7, 11) is 0. The fraction of sp³-hybridized carbons (Fsp3) is 0.190. The van der Waals surface area contributed by atoms with Crippen LogP contribution >= 0.6 is 0 Å². The number of amides is 2. The first kappa shape index (κ1) is 19.2. The number of rotatable bonds is 6. The molecule has 142 valence electrons. The Balaban J connectivity index is 1.91. The van der Waals surface area contributed by atoms with E-state index in [0.29, 0.717) is 24.2 Å². The maximum absolute atomic E-state index is 12.8. The summed E-state index contributed by atoms with van der Waals surface area (Å²) in [6, 6.07) is 17.9. The Bertz CT molecular complexity index is 873. The second-order valence-electron chi connectivity index (χ2n) is 5.92. The largest absolute Gasteiger partial charge is 0.277 e. The summed E-state index contributed by atoms with van der Waals surface area (Å²) >= 11 is 0. The van der Waals surface area contributed by atoms with Gasteiger partial charge in [0.05, 0.1) is 0 Å². The number of hydrogen-bond acceptors (Lipinski definition) is 5. The van der Waals surface area contributed by atoms with Crippen LogP contribution in [0.4, 0.5) is 11.9 Å². The predicted molar refractivity (Wildman–Crippen MR) is 107 cm³/mol. The molecule has 1 aromatic heterocycles. The van der Waals surface area contributed by atoms with Crippen LogP contribution in [0.2, 0.25) is 0 Å². The maximum Gasteiger partial charge on any atom is 0.260 e. The van der Waals surface area contributed by atoms with E-state index in [1.807, 2.05) is 26.0 Å². The van der Waals surface area contributed by atoms with E-state index in [2.05, 4.69) is 15.0 Å². The van der Waals surface area contributed by atoms with Gasteiger partial charge in [0.15, 0.2) is 0 Å². The molecule has 0 saturated carbocycles. The van der Waals surface area contributed by atoms with Crippen molar-refractivity contribution in [3.05, 3.63) is 78.1 Å². The van der Waals surface area contributed by atoms with Gasteiger partial charge in [-0.15, -0.1) is 0 Å². The fourth-order valence-electron chi connectivity index (χ4n) is 2.76. The van der Waals surface area contributed by atoms with Crippen molar-refractivity contribution >= 4 is 23.7 Å². The second-order valence-corrected chi connectivity index (χ2v) is 5.92. The van der Waals surface area contributed by atoms with Gasteiger partial charge in [-0.25, -0.2) is 9.97 Å². The molecule has 0 N–H and O–H groups in total. The van der Waals surface area contributed by atoms with Gasteiger partial charge in [-0.1, -0.05) is 36.4 Å². The number of anilines is 2. The van der Waals surface area contributed by atoms with Gasteiger partial charge >= 0.3 is 0 Å². The van der Waals surface area contributed by atoms with Crippen LogP contribution in [0.15, 0.2) is 67.0 Å². The summed E-state index contributed by atoms with van der Waals surface area (Å²) in [6.07, 6.45) is 1.32. The molecule has 0 saturated heterocycles. The lowest BCUT2D eigenvalue weighted by atomic mass is 10.2. The van der Waals surface area contributed by atoms with Gasteiger partial charge < -0.3 is 0 Å². The van der Waals surface area contributed by atoms with E-state index in [1.165, 1.54) is 16.1 Å². The molecule has 3 rings (SSSR count). The van der Waals surface area contributed by atoms with E-state index >= 15 is 0 Å². The average Bonchev–Trinajstić information content (AvgIpc) is 2.76. The van der Waals surface area contributed by atoms with Gasteiger partial charge in [-0.05, 0) is 38.1 Å². The highest BCUT2D eigenvalue weighted by Crippen LogP contribution is 2.17. The molecular formula is C21H21N5O2. The van der Waals surface area contributed by atoms with Gasteiger partial charge in [0, 0.05) is 24.2 Å². The molecule has 7 heteroatoms. The lowest BCUT2D eigenvalue weighted by Crippen LogP contribution is -2.35. The van der Waals surface area contributed by atoms with E-state index in [1.54, 1.807) is 48.5 Å². The molecule has 2 aromatic carbocycles. The summed E-state index contributed by atoms with van der Waals surface area (Å²) in [4.78, 5) is 41.3. The van der Waals surface area contributed by atoms with Gasteiger partial charge in [-0.2, -0.15) is 4.98 Å². The van der Waals surface area contributed by atoms with E-state index in [0.717, 1.165) is 0 Å². The summed E-state index contributed by atoms with van der Waals surface area (Å²) in [6.45, 7) is 4.46. The molecule has 1 heterocycles. The third-order valence-electron chi connectivity index (χ3n) is 4.19. The molecule has 0 spiro atoms. The van der Waals surface area contributed by atoms with Crippen LogP contribution in [-0.2, 0) is 0 Å². The Labute approximate surface area is 163 Å². The lowest BCUT2D eigenvalue weighted by Gasteiger charge is -2.22. The predicted octanol–water partition coefficient (Wildman–Crippen LogP) is 3.21. The molecule has 0 fully saturated rings. The van der Waals surface area contributed by atoms with Gasteiger partial charge in [0.25, 0.3) is 11.8 Å². The Kier molecular flexibility index (Phi) is 6.06. The van der Waals surface area contributed by atoms with Crippen LogP contribution in [0.3, 0.4) is 0 Å². The van der Waals surface area contributed by atoms with Gasteiger partial charge in [-0.3, -0.25) is 19.4 Å². The van der Waals surface area contributed by atoms with Gasteiger partial charge in [0.2, 0.25) is 11.9 Å². The highest BCUT2D eigenvalue weighted by molar-refractivity contribution is 6.06. The van der Waals surface area contributed by atoms with Crippen LogP contribution in [0.25, 0.3) is 0 Å². The van der Waals surface area contributed by atoms with Crippen LogP contribution in [0.1, 0.15) is 34.6 Å². The summed E-state index contributed by atoms with van der Waals surface area (Å²) in [5.41, 5.74) is 1.08. The molecule has 2 amide bonds. The van der Waals surface area contributed by atoms with E-state index in [9.17, 15) is 9.59 Å². The Hall–Kier alpha value is -3.61. The molecule has 0 unspecified atom stereocenters. The topological polar surface area (TPSA) is 79.3 Å². The quantitative estimate of drug-likeness (QED) is 0.661. The van der Waals surface area contributed by atoms with Crippen LogP contribution < -0.4 is 9.80 Å². The van der Waals surface area contributed by atoms with Crippen molar-refractivity contribution in [3.8, 4) is 0 Å². The number of carbonyl (C=O) groups excluding carboxylic acids is 2. The Morgan fingerprint density at radius 2 is 1.11 bits per heavy atom. The lowest BCUT2D eigenvalue weighted by molar-refractivity contribution is 0.0981. The number of benzene rings is 2. The molecule has 28 heavy (non-hydrogen) atoms. The summed E-state index contributed by atoms with van der Waals surface area (Å²) in [5.74, 6) is -0.00306. The number of aromatic nitrogens is 3. The van der Waals surface area contributed by atoms with Crippen LogP contribution in [0.5, 0.6) is 0 Å². The van der Waals surface area contributed by atoms with Crippen molar-refractivity contribution in [2.75, 3.05) is 22.9 Å². The molecule has 0 aliphatic heterocycles. The normalized spacial score (nSPS) is 10.4. The molecule has 7 nitrogen and oxygen atoms in total. The van der Waals surface area contributed by atoms with Crippen molar-refractivity contribution in [1.82, 2.24) is 15.0 Å². The van der Waals surface area contributed by atoms with Crippen molar-refractivity contribution < 1.29 is 9.59 Å². The smallest absolute Gasteiger partial charge is 0.260 e. The van der Waals surface area contributed by atoms with Crippen molar-refractivity contribution in [1.29, 1.82) is 0 Å². The first-order valence-corrected chi connectivity index (χ1v) is 9.08. The molecule has 3 aromatic rings. The summed E-state index contributed by atoms with van der Waals surface area (Å²) < 4.78 is 0. The Morgan fingerprint density at radius 1 is 0.714 bits per heavy atom. The molecule has 0 aliphatic rings. The fourth-order valence-corrected chi connectivity index (χ4v) is 2.76. The zero-order valence-corrected chi connectivity index (χ0v) is 15.8. The van der Waals surface area contributed by atoms with Gasteiger partial charge in [0.1, 0.15) is 6.33 Å². The summed E-state index contributed by atoms with van der Waals surface area (Å²) in [5, 5.41) is 0. The van der Waals surface area contributed by atoms with E-state index in [-0.39, 0.29) is 23.7 Å². The van der Waals surface area contributed by atoms with E-state index in [4.69, 9.17) is 0 Å². The molecule has 0 bridgehead atoms. The number of hydrogen-bond donors (Lipinski definition) is 0. The standard InChI is InChI=1S/C21H21N5O2/c1-3-25(18(27)16-11-7-5-8-12-16)20-22-15-23-21(24-20)26(4-2)19(28)17-13-9-6-10-14-17/h5-15H,3-4H2,1-2H3. The monoisotopic (exact) mass is 375 g/mol. The molecular weight excluding hydrogens is 354 g/mol. The second kappa shape index (κ2) is 8.85. The zero-order valence-electron chi connectivity index (χ0n) is 15.8. The zero-order chi connectivity index (χ0) is 19.9.